The number of fused-ring (bicyclic) bond motifs is 4. The molecule has 3 fully saturated rings. The molecule has 0 radical (unpaired) electrons. The molecule has 3 unspecified atom stereocenters. The number of esters is 1. The van der Waals surface area contributed by atoms with Crippen LogP contribution in [0.25, 0.3) is 10.9 Å². The van der Waals surface area contributed by atoms with Crippen molar-refractivity contribution in [1.29, 1.82) is 0 Å². The van der Waals surface area contributed by atoms with E-state index >= 15 is 0 Å². The third-order valence-electron chi connectivity index (χ3n) is 8.03. The van der Waals surface area contributed by atoms with Gasteiger partial charge in [-0.2, -0.15) is 0 Å². The van der Waals surface area contributed by atoms with Crippen LogP contribution in [0.4, 0.5) is 4.79 Å². The van der Waals surface area contributed by atoms with Crippen molar-refractivity contribution in [3.63, 3.8) is 0 Å². The molecule has 4 aliphatic rings. The second-order valence-electron chi connectivity index (χ2n) is 9.77. The van der Waals surface area contributed by atoms with Crippen LogP contribution in [-0.2, 0) is 11.2 Å². The minimum Gasteiger partial charge on any atom is -0.508 e. The standard InChI is InChI=1S/C27H28N2O4/c1-2-17-12-16-13-22-24(17)28(15-16)11-10-20-21-14-19(30)8-9-23(21)29(25(20)22)27(32)33-26(31)18-6-4-3-5-7-18/h3-9,14,16-17,22,24,30H,2,10-13,15H2,1H3/t16-,17?,22+,24?/m0/s1. The van der Waals surface area contributed by atoms with Crippen LogP contribution in [0.15, 0.2) is 48.5 Å². The number of phenols is 1. The first-order valence-electron chi connectivity index (χ1n) is 12.0. The monoisotopic (exact) mass is 444 g/mol. The summed E-state index contributed by atoms with van der Waals surface area (Å²) in [6, 6.07) is 14.1. The molecule has 2 aromatic carbocycles. The zero-order valence-electron chi connectivity index (χ0n) is 18.7. The van der Waals surface area contributed by atoms with Gasteiger partial charge in [-0.05, 0) is 67.0 Å². The lowest BCUT2D eigenvalue weighted by atomic mass is 9.65. The zero-order valence-corrected chi connectivity index (χ0v) is 18.7. The van der Waals surface area contributed by atoms with E-state index in [2.05, 4.69) is 11.8 Å². The first-order valence-corrected chi connectivity index (χ1v) is 12.0. The molecule has 5 atom stereocenters. The van der Waals surface area contributed by atoms with Crippen molar-refractivity contribution in [3.8, 4) is 5.75 Å². The highest BCUT2D eigenvalue weighted by Crippen LogP contribution is 2.52. The van der Waals surface area contributed by atoms with Gasteiger partial charge >= 0.3 is 12.1 Å². The van der Waals surface area contributed by atoms with Gasteiger partial charge in [-0.1, -0.05) is 31.5 Å². The quantitative estimate of drug-likeness (QED) is 0.448. The predicted octanol–water partition coefficient (Wildman–Crippen LogP) is 4.93. The smallest absolute Gasteiger partial charge is 0.426 e. The van der Waals surface area contributed by atoms with E-state index < -0.39 is 12.1 Å². The molecule has 4 heterocycles. The lowest BCUT2D eigenvalue weighted by Crippen LogP contribution is -2.56. The number of carbonyl (C=O) groups excluding carboxylic acids is 2. The summed E-state index contributed by atoms with van der Waals surface area (Å²) in [4.78, 5) is 28.9. The molecule has 2 saturated heterocycles. The SMILES string of the molecule is CCC1C[C@H]2C[C@H]3c4c(c5cc(O)ccc5n4C(=O)OC(=O)c4ccccc4)CCN(C2)C13. The van der Waals surface area contributed by atoms with Crippen LogP contribution in [0.1, 0.15) is 53.7 Å². The highest BCUT2D eigenvalue weighted by Gasteiger charge is 2.50. The lowest BCUT2D eigenvalue weighted by molar-refractivity contribution is -0.0140. The number of hydrogen-bond donors (Lipinski definition) is 1. The molecular formula is C27H28N2O4. The van der Waals surface area contributed by atoms with E-state index in [1.165, 1.54) is 6.42 Å². The van der Waals surface area contributed by atoms with E-state index in [1.807, 2.05) is 6.07 Å². The molecule has 1 aliphatic carbocycles. The maximum atomic E-state index is 13.5. The topological polar surface area (TPSA) is 71.8 Å². The van der Waals surface area contributed by atoms with E-state index in [-0.39, 0.29) is 11.7 Å². The first-order chi connectivity index (χ1) is 16.0. The van der Waals surface area contributed by atoms with Crippen molar-refractivity contribution in [2.24, 2.45) is 11.8 Å². The number of aromatic hydroxyl groups is 1. The minimum absolute atomic E-state index is 0.177. The number of aromatic nitrogens is 1. The Bertz CT molecular complexity index is 1250. The molecule has 3 aliphatic heterocycles. The molecule has 170 valence electrons. The number of benzene rings is 2. The Balaban J connectivity index is 1.49. The molecule has 0 amide bonds. The van der Waals surface area contributed by atoms with E-state index in [9.17, 15) is 14.7 Å². The van der Waals surface area contributed by atoms with Gasteiger partial charge in [0.05, 0.1) is 11.1 Å². The van der Waals surface area contributed by atoms with Gasteiger partial charge in [0, 0.05) is 36.1 Å². The number of ether oxygens (including phenoxy) is 1. The Morgan fingerprint density at radius 1 is 1.12 bits per heavy atom. The number of phenolic OH excluding ortho intramolecular Hbond substituents is 1. The summed E-state index contributed by atoms with van der Waals surface area (Å²) in [6.07, 6.45) is 3.58. The molecule has 1 aromatic heterocycles. The summed E-state index contributed by atoms with van der Waals surface area (Å²) in [6.45, 7) is 4.34. The molecule has 6 heteroatoms. The Morgan fingerprint density at radius 3 is 2.73 bits per heavy atom. The van der Waals surface area contributed by atoms with Crippen LogP contribution in [0.5, 0.6) is 5.75 Å². The maximum Gasteiger partial charge on any atom is 0.426 e. The Kier molecular flexibility index (Phi) is 4.80. The Hall–Kier alpha value is -3.12. The second-order valence-corrected chi connectivity index (χ2v) is 9.77. The molecule has 6 nitrogen and oxygen atoms in total. The fourth-order valence-electron chi connectivity index (χ4n) is 6.79. The fraction of sp³-hybridized carbons (Fsp3) is 0.407. The number of piperidine rings is 2. The number of hydrogen-bond acceptors (Lipinski definition) is 5. The van der Waals surface area contributed by atoms with Gasteiger partial charge in [0.1, 0.15) is 5.75 Å². The molecule has 1 saturated carbocycles. The molecule has 1 N–H and O–H groups in total. The summed E-state index contributed by atoms with van der Waals surface area (Å²) >= 11 is 0. The highest BCUT2D eigenvalue weighted by molar-refractivity contribution is 6.01. The molecule has 3 aromatic rings. The van der Waals surface area contributed by atoms with Crippen molar-refractivity contribution in [1.82, 2.24) is 9.47 Å². The normalized spacial score (nSPS) is 27.7. The maximum absolute atomic E-state index is 13.5. The lowest BCUT2D eigenvalue weighted by Gasteiger charge is -2.53. The van der Waals surface area contributed by atoms with Gasteiger partial charge in [0.2, 0.25) is 0 Å². The highest BCUT2D eigenvalue weighted by atomic mass is 16.6. The molecular weight excluding hydrogens is 416 g/mol. The number of carbonyl (C=O) groups is 2. The van der Waals surface area contributed by atoms with Crippen molar-refractivity contribution in [3.05, 3.63) is 65.4 Å². The van der Waals surface area contributed by atoms with Gasteiger partial charge in [-0.25, -0.2) is 14.2 Å². The Morgan fingerprint density at radius 2 is 1.94 bits per heavy atom. The van der Waals surface area contributed by atoms with Crippen LogP contribution in [0, 0.1) is 11.8 Å². The van der Waals surface area contributed by atoms with E-state index in [1.54, 1.807) is 47.0 Å². The number of rotatable bonds is 2. The minimum atomic E-state index is -0.663. The van der Waals surface area contributed by atoms with Crippen LogP contribution in [-0.4, -0.2) is 45.8 Å². The van der Waals surface area contributed by atoms with E-state index in [0.29, 0.717) is 29.0 Å². The average Bonchev–Trinajstić information content (AvgIpc) is 3.10. The van der Waals surface area contributed by atoms with Crippen LogP contribution >= 0.6 is 0 Å². The summed E-state index contributed by atoms with van der Waals surface area (Å²) in [5, 5.41) is 11.1. The Labute approximate surface area is 192 Å². The zero-order chi connectivity index (χ0) is 22.7. The molecule has 7 rings (SSSR count). The van der Waals surface area contributed by atoms with Gasteiger partial charge in [-0.15, -0.1) is 0 Å². The van der Waals surface area contributed by atoms with Crippen molar-refractivity contribution in [2.75, 3.05) is 13.1 Å². The van der Waals surface area contributed by atoms with Crippen LogP contribution in [0.2, 0.25) is 0 Å². The third-order valence-corrected chi connectivity index (χ3v) is 8.03. The molecule has 0 spiro atoms. The van der Waals surface area contributed by atoms with Gasteiger partial charge in [0.15, 0.2) is 0 Å². The first kappa shape index (κ1) is 20.5. The van der Waals surface area contributed by atoms with Crippen LogP contribution in [0.3, 0.4) is 0 Å². The second kappa shape index (κ2) is 7.73. The largest absolute Gasteiger partial charge is 0.508 e. The van der Waals surface area contributed by atoms with Crippen molar-refractivity contribution >= 4 is 23.0 Å². The van der Waals surface area contributed by atoms with Crippen LogP contribution < -0.4 is 0 Å². The van der Waals surface area contributed by atoms with Gasteiger partial charge in [-0.3, -0.25) is 4.90 Å². The summed E-state index contributed by atoms with van der Waals surface area (Å²) < 4.78 is 7.04. The molecule has 4 bridgehead atoms. The van der Waals surface area contributed by atoms with Gasteiger partial charge in [0.25, 0.3) is 0 Å². The third kappa shape index (κ3) is 3.19. The summed E-state index contributed by atoms with van der Waals surface area (Å²) in [7, 11) is 0. The van der Waals surface area contributed by atoms with Crippen molar-refractivity contribution < 1.29 is 19.4 Å². The molecule has 33 heavy (non-hydrogen) atoms. The summed E-state index contributed by atoms with van der Waals surface area (Å²) in [5.41, 5.74) is 3.14. The number of nitrogens with zero attached hydrogens (tertiary/aromatic N) is 2. The summed E-state index contributed by atoms with van der Waals surface area (Å²) in [5.74, 6) is 0.973. The van der Waals surface area contributed by atoms with E-state index in [4.69, 9.17) is 4.74 Å². The van der Waals surface area contributed by atoms with Crippen molar-refractivity contribution in [2.45, 2.75) is 44.6 Å². The van der Waals surface area contributed by atoms with Gasteiger partial charge < -0.3 is 9.84 Å². The fourth-order valence-corrected chi connectivity index (χ4v) is 6.79. The predicted molar refractivity (Wildman–Crippen MR) is 125 cm³/mol. The van der Waals surface area contributed by atoms with E-state index in [0.717, 1.165) is 49.0 Å². The average molecular weight is 445 g/mol.